The van der Waals surface area contributed by atoms with E-state index in [0.717, 1.165) is 14.7 Å². The fourth-order valence-corrected chi connectivity index (χ4v) is 17.1. The normalized spacial score (nSPS) is 26.3. The molecule has 4 aliphatic heterocycles. The number of likely N-dealkylation sites (N-methyl/N-ethyl adjacent to an activating group) is 3. The minimum atomic E-state index is -1.74. The Labute approximate surface area is 738 Å². The van der Waals surface area contributed by atoms with Crippen LogP contribution in [0.5, 0.6) is 5.75 Å². The Hall–Kier alpha value is -12.1. The number of carbonyl (C=O) groups excluding carboxylic acids is 16. The molecule has 3 aromatic carbocycles. The maximum absolute atomic E-state index is 15.8. The van der Waals surface area contributed by atoms with Crippen LogP contribution in [-0.2, 0) is 96.0 Å². The van der Waals surface area contributed by atoms with E-state index in [1.165, 1.54) is 67.0 Å². The molecule has 0 saturated carbocycles. The number of primary amides is 1. The number of carbonyl (C=O) groups is 16. The molecule has 1 unspecified atom stereocenters. The van der Waals surface area contributed by atoms with Crippen LogP contribution in [-0.4, -0.2) is 295 Å². The highest BCUT2D eigenvalue weighted by Crippen LogP contribution is 2.29. The van der Waals surface area contributed by atoms with Crippen molar-refractivity contribution >= 4 is 116 Å². The van der Waals surface area contributed by atoms with Crippen molar-refractivity contribution in [2.24, 2.45) is 29.0 Å². The molecule has 4 fully saturated rings. The number of aliphatic hydroxyl groups excluding tert-OH is 1. The second-order valence-electron chi connectivity index (χ2n) is 34.6. The Morgan fingerprint density at radius 2 is 0.929 bits per heavy atom. The highest BCUT2D eigenvalue weighted by Gasteiger charge is 2.47. The molecule has 4 saturated heterocycles. The third kappa shape index (κ3) is 25.6. The van der Waals surface area contributed by atoms with E-state index >= 15 is 38.4 Å². The molecule has 15 atom stereocenters. The molecule has 19 N–H and O–H groups in total. The van der Waals surface area contributed by atoms with Gasteiger partial charge < -0.3 is 115 Å². The third-order valence-corrected chi connectivity index (χ3v) is 24.2. The van der Waals surface area contributed by atoms with Crippen LogP contribution in [0.1, 0.15) is 161 Å². The van der Waals surface area contributed by atoms with E-state index in [4.69, 9.17) is 17.2 Å². The number of benzene rings is 3. The molecule has 38 nitrogen and oxygen atoms in total. The van der Waals surface area contributed by atoms with Crippen molar-refractivity contribution < 1.29 is 86.9 Å². The monoisotopic (exact) mass is 1760 g/mol. The Balaban J connectivity index is 1.07. The summed E-state index contributed by atoms with van der Waals surface area (Å²) in [6, 6.07) is 0.109. The summed E-state index contributed by atoms with van der Waals surface area (Å²) < 4.78 is 0. The molecular formula is C89H128N20O18. The quantitative estimate of drug-likeness (QED) is 0.0440. The number of aliphatic hydroxyl groups is 1. The molecule has 2 aromatic heterocycles. The summed E-state index contributed by atoms with van der Waals surface area (Å²) in [6.07, 6.45) is 2.92. The van der Waals surface area contributed by atoms with Gasteiger partial charge in [0.25, 0.3) is 0 Å². The van der Waals surface area contributed by atoms with E-state index in [-0.39, 0.29) is 114 Å². The Morgan fingerprint density at radius 1 is 0.472 bits per heavy atom. The van der Waals surface area contributed by atoms with Gasteiger partial charge in [0.1, 0.15) is 90.3 Å². The number of unbranched alkanes of at least 4 members (excludes halogenated alkanes) is 2. The minimum absolute atomic E-state index is 0.0108. The lowest BCUT2D eigenvalue weighted by Gasteiger charge is -2.37. The zero-order chi connectivity index (χ0) is 92.8. The summed E-state index contributed by atoms with van der Waals surface area (Å²) in [6.45, 7) is 10.4. The SMILES string of the molecule is CCCC[C@H]1C(=O)N(C)[C@@H](CCCC)C(=O)N[C@@H](CC(C)C)C(=O)N2CCC[C@@H]2C(=O)NCC(=O)N[C@@H](Cc2ccc(O)cc2)C(=O)N(C)[C@@H](C)C(=O)N[C@@H](CC(N)=O)C(=O)N2CCCC2C(=O)N[C@@H](CN)C(=O)N[C@@H](CC(C)C)C(=O)N2C[C@H](O)C[C@H]2C(=O)N[C@@H](Cc2c[nH]c3ccccc23)C(=O)N[C@@H](CCN)C(=O)N[C@@H](Cc2c[nH]c3ccccc23)C(=O)N1C. The zero-order valence-electron chi connectivity index (χ0n) is 74.2. The van der Waals surface area contributed by atoms with E-state index in [2.05, 4.69) is 57.8 Å². The molecule has 0 radical (unpaired) electrons. The first kappa shape index (κ1) is 98.7. The number of para-hydroxylation sites is 2. The number of aromatic nitrogens is 2. The topological polar surface area (TPSA) is 551 Å². The molecule has 38 heteroatoms. The smallest absolute Gasteiger partial charge is 0.246 e. The maximum Gasteiger partial charge on any atom is 0.246 e. The van der Waals surface area contributed by atoms with Gasteiger partial charge in [0.15, 0.2) is 0 Å². The van der Waals surface area contributed by atoms with E-state index in [1.807, 2.05) is 45.9 Å². The van der Waals surface area contributed by atoms with Gasteiger partial charge in [0, 0.05) is 107 Å². The third-order valence-electron chi connectivity index (χ3n) is 24.2. The number of hydrogen-bond donors (Lipinski definition) is 16. The maximum atomic E-state index is 15.8. The predicted molar refractivity (Wildman–Crippen MR) is 470 cm³/mol. The van der Waals surface area contributed by atoms with Crippen molar-refractivity contribution in [1.29, 1.82) is 0 Å². The molecular weight excluding hydrogens is 1640 g/mol. The molecule has 5 aromatic rings. The summed E-state index contributed by atoms with van der Waals surface area (Å²) in [4.78, 5) is 250. The number of rotatable bonds is 21. The molecule has 4 aliphatic rings. The largest absolute Gasteiger partial charge is 0.508 e. The van der Waals surface area contributed by atoms with Gasteiger partial charge in [0.05, 0.1) is 19.1 Å². The van der Waals surface area contributed by atoms with E-state index in [0.29, 0.717) is 70.6 Å². The summed E-state index contributed by atoms with van der Waals surface area (Å²) in [5, 5.41) is 47.4. The Kier molecular flexibility index (Phi) is 35.7. The Morgan fingerprint density at radius 3 is 1.49 bits per heavy atom. The molecule has 9 rings (SSSR count). The van der Waals surface area contributed by atoms with Crippen LogP contribution in [0.3, 0.4) is 0 Å². The minimum Gasteiger partial charge on any atom is -0.508 e. The van der Waals surface area contributed by atoms with Crippen molar-refractivity contribution in [3.05, 3.63) is 102 Å². The fraction of sp³-hybridized carbons (Fsp3) is 0.573. The number of phenols is 1. The molecule has 0 spiro atoms. The summed E-state index contributed by atoms with van der Waals surface area (Å²) in [5.41, 5.74) is 21.1. The van der Waals surface area contributed by atoms with E-state index < -0.39 is 211 Å². The van der Waals surface area contributed by atoms with E-state index in [1.54, 1.807) is 56.6 Å². The van der Waals surface area contributed by atoms with Gasteiger partial charge in [-0.1, -0.05) is 116 Å². The van der Waals surface area contributed by atoms with Crippen molar-refractivity contribution in [2.75, 3.05) is 60.4 Å². The average molecular weight is 1770 g/mol. The molecule has 0 aliphatic carbocycles. The van der Waals surface area contributed by atoms with Crippen LogP contribution in [0.25, 0.3) is 21.8 Å². The number of aromatic amines is 2. The first-order valence-corrected chi connectivity index (χ1v) is 44.1. The average Bonchev–Trinajstić information content (AvgIpc) is 1.73. The lowest BCUT2D eigenvalue weighted by Crippen LogP contribution is -2.62. The number of hydrogen-bond acceptors (Lipinski definition) is 20. The van der Waals surface area contributed by atoms with Gasteiger partial charge in [-0.15, -0.1) is 0 Å². The van der Waals surface area contributed by atoms with Gasteiger partial charge in [-0.2, -0.15) is 0 Å². The molecule has 0 bridgehead atoms. The van der Waals surface area contributed by atoms with Crippen molar-refractivity contribution in [3.8, 4) is 5.75 Å². The second-order valence-corrected chi connectivity index (χ2v) is 34.6. The first-order valence-electron chi connectivity index (χ1n) is 44.1. The van der Waals surface area contributed by atoms with Gasteiger partial charge in [-0.25, -0.2) is 0 Å². The number of phenolic OH excluding ortho intramolecular Hbond substituents is 1. The number of nitrogens with zero attached hydrogens (tertiary/aromatic N) is 6. The second kappa shape index (κ2) is 45.9. The number of H-pyrrole nitrogens is 2. The van der Waals surface area contributed by atoms with Crippen molar-refractivity contribution in [1.82, 2.24) is 87.2 Å². The van der Waals surface area contributed by atoms with Crippen LogP contribution in [0.4, 0.5) is 0 Å². The molecule has 6 heterocycles. The number of fused-ring (bicyclic) bond motifs is 5. The van der Waals surface area contributed by atoms with E-state index in [9.17, 15) is 48.6 Å². The van der Waals surface area contributed by atoms with Crippen LogP contribution in [0, 0.1) is 11.8 Å². The van der Waals surface area contributed by atoms with Crippen molar-refractivity contribution in [2.45, 2.75) is 255 Å². The van der Waals surface area contributed by atoms with Crippen LogP contribution < -0.4 is 65.1 Å². The Bertz CT molecular complexity index is 4770. The first-order chi connectivity index (χ1) is 60.5. The van der Waals surface area contributed by atoms with Crippen LogP contribution in [0.15, 0.2) is 85.2 Å². The predicted octanol–water partition coefficient (Wildman–Crippen LogP) is -0.509. The van der Waals surface area contributed by atoms with Gasteiger partial charge in [-0.3, -0.25) is 76.7 Å². The molecule has 692 valence electrons. The lowest BCUT2D eigenvalue weighted by molar-refractivity contribution is -0.150. The summed E-state index contributed by atoms with van der Waals surface area (Å²) in [7, 11) is 4.11. The highest BCUT2D eigenvalue weighted by molar-refractivity contribution is 6.03. The van der Waals surface area contributed by atoms with Gasteiger partial charge in [0.2, 0.25) is 94.5 Å². The number of nitrogens with two attached hydrogens (primary N) is 3. The zero-order valence-corrected chi connectivity index (χ0v) is 74.2. The van der Waals surface area contributed by atoms with Crippen LogP contribution in [0.2, 0.25) is 0 Å². The summed E-state index contributed by atoms with van der Waals surface area (Å²) >= 11 is 0. The molecule has 16 amide bonds. The number of nitrogens with one attached hydrogen (secondary N) is 11. The lowest BCUT2D eigenvalue weighted by atomic mass is 9.99. The fourth-order valence-electron chi connectivity index (χ4n) is 17.1. The number of amides is 16. The highest BCUT2D eigenvalue weighted by atomic mass is 16.3. The summed E-state index contributed by atoms with van der Waals surface area (Å²) in [5.74, 6) is -14.3. The van der Waals surface area contributed by atoms with Crippen LogP contribution >= 0.6 is 0 Å². The van der Waals surface area contributed by atoms with Crippen molar-refractivity contribution in [3.63, 3.8) is 0 Å². The molecule has 127 heavy (non-hydrogen) atoms. The van der Waals surface area contributed by atoms with Gasteiger partial charge >= 0.3 is 0 Å². The standard InChI is InChI=1S/C89H128N20O18/c1-11-13-25-69-81(119)102-63(37-49(3)4)86(124)107-35-19-27-70(107)80(118)95-47-75(113)96-65(39-52-29-31-55(110)32-30-52)84(122)104(8)51(7)76(114)99-67(43-74(92)112)87(125)108-36-20-28-71(108)82(120)103-68(44-91)79(117)100-64(38-50(5)6)88(126)109-48-56(111)42-73(109)83(121)98-62(40-53-45-93-59-23-17-15-21-57(53)59)78(116)97-61(33-34-90)77(115)101-66(41-54-46-94-60-24-18-16-22-58(54)60)85(123)106(10)72(26-14-12-2)89(127)105(69)9/h15-18,21-24,29-32,45-46,49-51,56,61-73,93-94,110-111H,11-14,19-20,25-28,33-44,47-48,90-91H2,1-10H3,(H2,92,112)(H,95,118)(H,96,113)(H,97,116)(H,98,121)(H,99,114)(H,100,117)(H,101,115)(H,102,119)(H,103,120)/t51-,56+,61-,62-,63-,64-,65-,66-,67-,68-,69-,70+,71?,72-,73-/m0/s1. The number of aromatic hydroxyl groups is 1. The van der Waals surface area contributed by atoms with Gasteiger partial charge in [-0.05, 0) is 124 Å².